The molecule has 0 saturated heterocycles. The van der Waals surface area contributed by atoms with Crippen molar-refractivity contribution >= 4 is 0 Å². The molecule has 0 aromatic rings. The third-order valence-electron chi connectivity index (χ3n) is 4.70. The van der Waals surface area contributed by atoms with E-state index >= 15 is 0 Å². The second kappa shape index (κ2) is 5.19. The van der Waals surface area contributed by atoms with Crippen LogP contribution in [0.1, 0.15) is 60.3 Å². The fraction of sp³-hybridized carbons (Fsp3) is 0.667. The molecule has 19 heavy (non-hydrogen) atoms. The van der Waals surface area contributed by atoms with Crippen molar-refractivity contribution in [3.63, 3.8) is 0 Å². The van der Waals surface area contributed by atoms with Crippen molar-refractivity contribution in [3.05, 3.63) is 35.1 Å². The minimum atomic E-state index is 0.173. The highest BCUT2D eigenvalue weighted by atomic mass is 15.2. The molecule has 0 radical (unpaired) electrons. The van der Waals surface area contributed by atoms with E-state index in [9.17, 15) is 0 Å². The van der Waals surface area contributed by atoms with E-state index in [0.717, 1.165) is 6.54 Å². The maximum absolute atomic E-state index is 4.45. The first-order valence-electron chi connectivity index (χ1n) is 7.69. The Hall–Kier alpha value is -0.980. The lowest BCUT2D eigenvalue weighted by Crippen LogP contribution is -2.40. The molecule has 1 aliphatic heterocycles. The average molecular weight is 259 g/mol. The first-order valence-corrected chi connectivity index (χ1v) is 7.69. The minimum Gasteiger partial charge on any atom is -0.364 e. The Morgan fingerprint density at radius 2 is 1.79 bits per heavy atom. The van der Waals surface area contributed by atoms with Gasteiger partial charge in [-0.15, -0.1) is 0 Å². The van der Waals surface area contributed by atoms with Gasteiger partial charge >= 0.3 is 0 Å². The molecular weight excluding hydrogens is 230 g/mol. The third-order valence-corrected chi connectivity index (χ3v) is 4.70. The lowest BCUT2D eigenvalue weighted by molar-refractivity contribution is 0.262. The quantitative estimate of drug-likeness (QED) is 0.635. The van der Waals surface area contributed by atoms with Gasteiger partial charge in [0.05, 0.1) is 0 Å². The molecule has 0 atom stereocenters. The highest BCUT2D eigenvalue weighted by Gasteiger charge is 2.34. The molecule has 1 heterocycles. The largest absolute Gasteiger partial charge is 0.364 e. The van der Waals surface area contributed by atoms with Crippen LogP contribution in [-0.2, 0) is 0 Å². The fourth-order valence-corrected chi connectivity index (χ4v) is 3.79. The van der Waals surface area contributed by atoms with Gasteiger partial charge in [-0.3, -0.25) is 0 Å². The molecular formula is C18H29N. The second-order valence-corrected chi connectivity index (χ2v) is 7.08. The van der Waals surface area contributed by atoms with E-state index in [4.69, 9.17) is 0 Å². The topological polar surface area (TPSA) is 3.24 Å². The van der Waals surface area contributed by atoms with Crippen LogP contribution in [0.2, 0.25) is 0 Å². The third kappa shape index (κ3) is 2.66. The fourth-order valence-electron chi connectivity index (χ4n) is 3.79. The van der Waals surface area contributed by atoms with Gasteiger partial charge < -0.3 is 4.90 Å². The summed E-state index contributed by atoms with van der Waals surface area (Å²) < 4.78 is 0. The molecule has 0 aromatic heterocycles. The Bertz CT molecular complexity index is 425. The van der Waals surface area contributed by atoms with Gasteiger partial charge in [0, 0.05) is 18.3 Å². The SMILES string of the molecule is C=C1C(C(C)(C)C)=C(C)/C(=C/C)CN1C1CCCC1. The van der Waals surface area contributed by atoms with Gasteiger partial charge in [0.25, 0.3) is 0 Å². The predicted molar refractivity (Wildman–Crippen MR) is 84.0 cm³/mol. The summed E-state index contributed by atoms with van der Waals surface area (Å²) in [6.07, 6.45) is 7.73. The normalized spacial score (nSPS) is 24.8. The molecule has 0 N–H and O–H groups in total. The van der Waals surface area contributed by atoms with Crippen molar-refractivity contribution in [2.75, 3.05) is 6.54 Å². The molecule has 2 aliphatic rings. The molecule has 0 unspecified atom stereocenters. The van der Waals surface area contributed by atoms with Crippen LogP contribution in [0.25, 0.3) is 0 Å². The highest BCUT2D eigenvalue weighted by molar-refractivity contribution is 5.49. The van der Waals surface area contributed by atoms with Crippen LogP contribution in [-0.4, -0.2) is 17.5 Å². The van der Waals surface area contributed by atoms with Crippen LogP contribution < -0.4 is 0 Å². The Kier molecular flexibility index (Phi) is 3.94. The van der Waals surface area contributed by atoms with Crippen LogP contribution >= 0.6 is 0 Å². The predicted octanol–water partition coefficient (Wildman–Crippen LogP) is 5.07. The van der Waals surface area contributed by atoms with E-state index in [-0.39, 0.29) is 5.41 Å². The number of hydrogen-bond donors (Lipinski definition) is 0. The van der Waals surface area contributed by atoms with E-state index in [2.05, 4.69) is 52.2 Å². The molecule has 1 aliphatic carbocycles. The lowest BCUT2D eigenvalue weighted by atomic mass is 9.77. The van der Waals surface area contributed by atoms with Gasteiger partial charge in [0.1, 0.15) is 0 Å². The molecule has 0 spiro atoms. The van der Waals surface area contributed by atoms with Crippen LogP contribution in [0.4, 0.5) is 0 Å². The summed E-state index contributed by atoms with van der Waals surface area (Å²) in [5, 5.41) is 0. The molecule has 0 bridgehead atoms. The number of nitrogens with zero attached hydrogens (tertiary/aromatic N) is 1. The molecule has 106 valence electrons. The summed E-state index contributed by atoms with van der Waals surface area (Å²) in [4.78, 5) is 2.58. The first kappa shape index (κ1) is 14.4. The lowest BCUT2D eigenvalue weighted by Gasteiger charge is -2.43. The molecule has 0 aromatic carbocycles. The van der Waals surface area contributed by atoms with Gasteiger partial charge in [0.15, 0.2) is 0 Å². The maximum Gasteiger partial charge on any atom is 0.0431 e. The summed E-state index contributed by atoms with van der Waals surface area (Å²) in [6.45, 7) is 16.9. The zero-order valence-corrected chi connectivity index (χ0v) is 13.3. The summed E-state index contributed by atoms with van der Waals surface area (Å²) in [6, 6.07) is 0.716. The molecule has 2 rings (SSSR count). The Balaban J connectivity index is 2.41. The van der Waals surface area contributed by atoms with E-state index in [1.165, 1.54) is 48.1 Å². The van der Waals surface area contributed by atoms with Crippen molar-refractivity contribution in [2.45, 2.75) is 66.3 Å². The second-order valence-electron chi connectivity index (χ2n) is 7.08. The van der Waals surface area contributed by atoms with Crippen molar-refractivity contribution in [1.82, 2.24) is 4.90 Å². The monoisotopic (exact) mass is 259 g/mol. The smallest absolute Gasteiger partial charge is 0.0431 e. The van der Waals surface area contributed by atoms with Crippen molar-refractivity contribution in [1.29, 1.82) is 0 Å². The minimum absolute atomic E-state index is 0.173. The van der Waals surface area contributed by atoms with Crippen molar-refractivity contribution in [2.24, 2.45) is 5.41 Å². The number of allylic oxidation sites excluding steroid dienone is 2. The zero-order chi connectivity index (χ0) is 14.2. The molecule has 0 amide bonds. The van der Waals surface area contributed by atoms with Crippen LogP contribution in [0.15, 0.2) is 35.1 Å². The van der Waals surface area contributed by atoms with E-state index < -0.39 is 0 Å². The van der Waals surface area contributed by atoms with Gasteiger partial charge in [-0.25, -0.2) is 0 Å². The number of hydrogen-bond acceptors (Lipinski definition) is 1. The Morgan fingerprint density at radius 1 is 1.21 bits per heavy atom. The molecule has 1 heteroatoms. The van der Waals surface area contributed by atoms with Gasteiger partial charge in [0.2, 0.25) is 0 Å². The molecule has 1 fully saturated rings. The van der Waals surface area contributed by atoms with Crippen molar-refractivity contribution < 1.29 is 0 Å². The number of rotatable bonds is 1. The van der Waals surface area contributed by atoms with Gasteiger partial charge in [-0.1, -0.05) is 46.3 Å². The Labute approximate surface area is 119 Å². The van der Waals surface area contributed by atoms with Crippen LogP contribution in [0.3, 0.4) is 0 Å². The Morgan fingerprint density at radius 3 is 2.26 bits per heavy atom. The van der Waals surface area contributed by atoms with E-state index in [1.807, 2.05) is 0 Å². The summed E-state index contributed by atoms with van der Waals surface area (Å²) in [5.41, 5.74) is 5.85. The standard InChI is InChI=1S/C18H29N/c1-7-15-12-19(16-10-8-9-11-16)14(3)17(13(15)2)18(4,5)6/h7,16H,3,8-12H2,1-2,4-6H3/b15-7+. The molecule has 1 saturated carbocycles. The maximum atomic E-state index is 4.45. The summed E-state index contributed by atoms with van der Waals surface area (Å²) in [5.74, 6) is 0. The highest BCUT2D eigenvalue weighted by Crippen LogP contribution is 2.42. The summed E-state index contributed by atoms with van der Waals surface area (Å²) in [7, 11) is 0. The average Bonchev–Trinajstić information content (AvgIpc) is 2.81. The van der Waals surface area contributed by atoms with E-state index in [0.29, 0.717) is 6.04 Å². The van der Waals surface area contributed by atoms with E-state index in [1.54, 1.807) is 0 Å². The van der Waals surface area contributed by atoms with Crippen LogP contribution in [0.5, 0.6) is 0 Å². The first-order chi connectivity index (χ1) is 8.86. The van der Waals surface area contributed by atoms with Gasteiger partial charge in [-0.2, -0.15) is 0 Å². The zero-order valence-electron chi connectivity index (χ0n) is 13.3. The van der Waals surface area contributed by atoms with Crippen molar-refractivity contribution in [3.8, 4) is 0 Å². The summed E-state index contributed by atoms with van der Waals surface area (Å²) >= 11 is 0. The van der Waals surface area contributed by atoms with Gasteiger partial charge in [-0.05, 0) is 48.8 Å². The molecule has 1 nitrogen and oxygen atoms in total. The van der Waals surface area contributed by atoms with Crippen LogP contribution in [0, 0.1) is 5.41 Å².